The van der Waals surface area contributed by atoms with Gasteiger partial charge in [-0.05, 0) is 19.8 Å². The molecule has 0 fully saturated rings. The number of aryl methyl sites for hydroxylation is 2. The fourth-order valence-corrected chi connectivity index (χ4v) is 1.56. The molecule has 0 saturated heterocycles. The van der Waals surface area contributed by atoms with Gasteiger partial charge in [0.25, 0.3) is 0 Å². The third-order valence-electron chi connectivity index (χ3n) is 2.41. The minimum absolute atomic E-state index is 0.540. The minimum Gasteiger partial charge on any atom is -0.360 e. The maximum atomic E-state index is 5.00. The van der Waals surface area contributed by atoms with Crippen molar-refractivity contribution in [2.45, 2.75) is 27.7 Å². The van der Waals surface area contributed by atoms with Crippen molar-refractivity contribution in [3.63, 3.8) is 0 Å². The molecule has 2 aromatic rings. The summed E-state index contributed by atoms with van der Waals surface area (Å²) in [5.41, 5.74) is 0.893. The van der Waals surface area contributed by atoms with Crippen molar-refractivity contribution >= 4 is 17.6 Å². The molecule has 0 atom stereocenters. The van der Waals surface area contributed by atoms with Crippen molar-refractivity contribution in [2.24, 2.45) is 5.92 Å². The van der Waals surface area contributed by atoms with Crippen LogP contribution in [0, 0.1) is 19.8 Å². The van der Waals surface area contributed by atoms with Gasteiger partial charge in [0, 0.05) is 24.4 Å². The van der Waals surface area contributed by atoms with Gasteiger partial charge in [-0.1, -0.05) is 19.0 Å². The summed E-state index contributed by atoms with van der Waals surface area (Å²) in [5, 5.41) is 10.2. The van der Waals surface area contributed by atoms with Crippen LogP contribution in [-0.4, -0.2) is 21.7 Å². The SMILES string of the molecule is Cc1cc(Nc2cc(C)on2)nc(NCC(C)C)n1. The van der Waals surface area contributed by atoms with E-state index in [1.807, 2.05) is 26.0 Å². The van der Waals surface area contributed by atoms with E-state index in [1.165, 1.54) is 0 Å². The van der Waals surface area contributed by atoms with E-state index < -0.39 is 0 Å². The Morgan fingerprint density at radius 1 is 1.16 bits per heavy atom. The summed E-state index contributed by atoms with van der Waals surface area (Å²) in [6.07, 6.45) is 0. The molecule has 2 aromatic heterocycles. The summed E-state index contributed by atoms with van der Waals surface area (Å²) in [4.78, 5) is 8.74. The highest BCUT2D eigenvalue weighted by Crippen LogP contribution is 2.16. The van der Waals surface area contributed by atoms with E-state index in [0.717, 1.165) is 18.0 Å². The van der Waals surface area contributed by atoms with Gasteiger partial charge in [-0.25, -0.2) is 4.98 Å². The topological polar surface area (TPSA) is 75.9 Å². The van der Waals surface area contributed by atoms with Crippen molar-refractivity contribution in [1.82, 2.24) is 15.1 Å². The van der Waals surface area contributed by atoms with Crippen LogP contribution in [0.4, 0.5) is 17.6 Å². The summed E-state index contributed by atoms with van der Waals surface area (Å²) < 4.78 is 5.00. The van der Waals surface area contributed by atoms with E-state index in [0.29, 0.717) is 23.5 Å². The van der Waals surface area contributed by atoms with Crippen LogP contribution < -0.4 is 10.6 Å². The van der Waals surface area contributed by atoms with Gasteiger partial charge in [0.1, 0.15) is 11.6 Å². The quantitative estimate of drug-likeness (QED) is 0.862. The molecule has 0 bridgehead atoms. The van der Waals surface area contributed by atoms with Crippen LogP contribution in [0.2, 0.25) is 0 Å². The lowest BCUT2D eigenvalue weighted by molar-refractivity contribution is 0.400. The highest BCUT2D eigenvalue weighted by atomic mass is 16.5. The number of hydrogen-bond donors (Lipinski definition) is 2. The van der Waals surface area contributed by atoms with Crippen LogP contribution >= 0.6 is 0 Å². The van der Waals surface area contributed by atoms with Gasteiger partial charge in [0.15, 0.2) is 5.82 Å². The highest BCUT2D eigenvalue weighted by molar-refractivity contribution is 5.53. The molecule has 0 saturated carbocycles. The second kappa shape index (κ2) is 5.69. The summed E-state index contributed by atoms with van der Waals surface area (Å²) in [6, 6.07) is 3.68. The Hall–Kier alpha value is -2.11. The van der Waals surface area contributed by atoms with Gasteiger partial charge in [-0.2, -0.15) is 4.98 Å². The predicted molar refractivity (Wildman–Crippen MR) is 74.6 cm³/mol. The lowest BCUT2D eigenvalue weighted by Crippen LogP contribution is -2.11. The molecule has 0 radical (unpaired) electrons. The number of anilines is 3. The smallest absolute Gasteiger partial charge is 0.224 e. The molecule has 19 heavy (non-hydrogen) atoms. The van der Waals surface area contributed by atoms with Gasteiger partial charge in [-0.15, -0.1) is 0 Å². The molecule has 6 heteroatoms. The fraction of sp³-hybridized carbons (Fsp3) is 0.462. The van der Waals surface area contributed by atoms with Crippen LogP contribution in [0.5, 0.6) is 0 Å². The number of rotatable bonds is 5. The number of nitrogens with one attached hydrogen (secondary N) is 2. The fourth-order valence-electron chi connectivity index (χ4n) is 1.56. The molecule has 2 heterocycles. The zero-order valence-corrected chi connectivity index (χ0v) is 11.7. The molecule has 0 spiro atoms. The maximum absolute atomic E-state index is 5.00. The Balaban J connectivity index is 2.12. The van der Waals surface area contributed by atoms with Crippen LogP contribution in [-0.2, 0) is 0 Å². The molecule has 0 aromatic carbocycles. The predicted octanol–water partition coefficient (Wildman–Crippen LogP) is 2.89. The molecule has 0 aliphatic rings. The third kappa shape index (κ3) is 3.94. The highest BCUT2D eigenvalue weighted by Gasteiger charge is 2.05. The Morgan fingerprint density at radius 2 is 1.95 bits per heavy atom. The van der Waals surface area contributed by atoms with Crippen LogP contribution in [0.15, 0.2) is 16.7 Å². The lowest BCUT2D eigenvalue weighted by atomic mass is 10.2. The second-order valence-electron chi connectivity index (χ2n) is 4.94. The average molecular weight is 261 g/mol. The number of nitrogens with zero attached hydrogens (tertiary/aromatic N) is 3. The number of aromatic nitrogens is 3. The summed E-state index contributed by atoms with van der Waals surface area (Å²) in [7, 11) is 0. The standard InChI is InChI=1S/C13H19N5O/c1-8(2)7-14-13-15-9(3)5-11(17-13)16-12-6-10(4)19-18-12/h5-6,8H,7H2,1-4H3,(H2,14,15,16,17,18). The van der Waals surface area contributed by atoms with Crippen molar-refractivity contribution in [2.75, 3.05) is 17.2 Å². The van der Waals surface area contributed by atoms with Crippen LogP contribution in [0.25, 0.3) is 0 Å². The van der Waals surface area contributed by atoms with E-state index in [9.17, 15) is 0 Å². The van der Waals surface area contributed by atoms with E-state index in [4.69, 9.17) is 4.52 Å². The van der Waals surface area contributed by atoms with Gasteiger partial charge < -0.3 is 15.2 Å². The summed E-state index contributed by atoms with van der Waals surface area (Å²) in [5.74, 6) is 3.26. The second-order valence-corrected chi connectivity index (χ2v) is 4.94. The molecule has 0 aliphatic carbocycles. The van der Waals surface area contributed by atoms with Crippen LogP contribution in [0.1, 0.15) is 25.3 Å². The first kappa shape index (κ1) is 13.3. The van der Waals surface area contributed by atoms with Gasteiger partial charge in [0.2, 0.25) is 5.95 Å². The van der Waals surface area contributed by atoms with Crippen molar-refractivity contribution in [3.05, 3.63) is 23.6 Å². The first-order valence-electron chi connectivity index (χ1n) is 6.33. The number of hydrogen-bond acceptors (Lipinski definition) is 6. The Bertz CT molecular complexity index is 550. The first-order chi connectivity index (χ1) is 9.02. The summed E-state index contributed by atoms with van der Waals surface area (Å²) >= 11 is 0. The van der Waals surface area contributed by atoms with Crippen molar-refractivity contribution < 1.29 is 4.52 Å². The Morgan fingerprint density at radius 3 is 2.58 bits per heavy atom. The Kier molecular flexibility index (Phi) is 3.99. The maximum Gasteiger partial charge on any atom is 0.224 e. The molecule has 0 unspecified atom stereocenters. The summed E-state index contributed by atoms with van der Waals surface area (Å²) in [6.45, 7) is 8.90. The van der Waals surface area contributed by atoms with Crippen molar-refractivity contribution in [3.8, 4) is 0 Å². The van der Waals surface area contributed by atoms with E-state index in [-0.39, 0.29) is 0 Å². The largest absolute Gasteiger partial charge is 0.360 e. The van der Waals surface area contributed by atoms with E-state index in [2.05, 4.69) is 39.6 Å². The first-order valence-corrected chi connectivity index (χ1v) is 6.33. The molecule has 0 aliphatic heterocycles. The lowest BCUT2D eigenvalue weighted by Gasteiger charge is -2.09. The molecular formula is C13H19N5O. The van der Waals surface area contributed by atoms with Crippen LogP contribution in [0.3, 0.4) is 0 Å². The average Bonchev–Trinajstić information content (AvgIpc) is 2.71. The van der Waals surface area contributed by atoms with E-state index >= 15 is 0 Å². The molecule has 2 N–H and O–H groups in total. The molecular weight excluding hydrogens is 242 g/mol. The molecule has 2 rings (SSSR count). The zero-order valence-electron chi connectivity index (χ0n) is 11.7. The van der Waals surface area contributed by atoms with Crippen molar-refractivity contribution in [1.29, 1.82) is 0 Å². The molecule has 102 valence electrons. The van der Waals surface area contributed by atoms with Gasteiger partial charge >= 0.3 is 0 Å². The Labute approximate surface area is 112 Å². The third-order valence-corrected chi connectivity index (χ3v) is 2.41. The van der Waals surface area contributed by atoms with Gasteiger partial charge in [-0.3, -0.25) is 0 Å². The normalized spacial score (nSPS) is 10.8. The monoisotopic (exact) mass is 261 g/mol. The molecule has 0 amide bonds. The molecule has 6 nitrogen and oxygen atoms in total. The van der Waals surface area contributed by atoms with Gasteiger partial charge in [0.05, 0.1) is 0 Å². The zero-order chi connectivity index (χ0) is 13.8. The van der Waals surface area contributed by atoms with E-state index in [1.54, 1.807) is 0 Å². The minimum atomic E-state index is 0.540.